The minimum atomic E-state index is -0.470. The number of nitrogens with one attached hydrogen (secondary N) is 1. The minimum absolute atomic E-state index is 0.0483. The molecule has 9 heteroatoms. The molecule has 0 atom stereocenters. The fraction of sp³-hybridized carbons (Fsp3) is 0.480. The van der Waals surface area contributed by atoms with Gasteiger partial charge in [0.05, 0.1) is 19.8 Å². The van der Waals surface area contributed by atoms with E-state index in [0.717, 1.165) is 11.3 Å². The summed E-state index contributed by atoms with van der Waals surface area (Å²) in [5.74, 6) is -0.397. The topological polar surface area (TPSA) is 91.9 Å². The van der Waals surface area contributed by atoms with Crippen molar-refractivity contribution in [2.24, 2.45) is 5.41 Å². The Kier molecular flexibility index (Phi) is 7.58. The Hall–Kier alpha value is -2.84. The maximum atomic E-state index is 13.1. The maximum absolute atomic E-state index is 13.1. The van der Waals surface area contributed by atoms with Crippen molar-refractivity contribution < 1.29 is 23.9 Å². The first kappa shape index (κ1) is 24.3. The Morgan fingerprint density at radius 2 is 1.68 bits per heavy atom. The van der Waals surface area contributed by atoms with Gasteiger partial charge in [-0.25, -0.2) is 0 Å². The fourth-order valence-electron chi connectivity index (χ4n) is 4.54. The SMILES string of the molecule is CC(=O)OCC1(CC(=O)N2CCOCC2)CCN(C(=O)c2ccc(-c3ccc(Cl)cc3)[nH]2)CC1. The monoisotopic (exact) mass is 487 g/mol. The lowest BCUT2D eigenvalue weighted by molar-refractivity contribution is -0.150. The van der Waals surface area contributed by atoms with E-state index in [1.807, 2.05) is 35.2 Å². The number of morpholine rings is 1. The molecule has 8 nitrogen and oxygen atoms in total. The third-order valence-corrected chi connectivity index (χ3v) is 6.91. The highest BCUT2D eigenvalue weighted by molar-refractivity contribution is 6.30. The summed E-state index contributed by atoms with van der Waals surface area (Å²) in [6.07, 6.45) is 1.48. The van der Waals surface area contributed by atoms with E-state index in [9.17, 15) is 14.4 Å². The lowest BCUT2D eigenvalue weighted by atomic mass is 9.75. The summed E-state index contributed by atoms with van der Waals surface area (Å²) in [6.45, 7) is 4.78. The molecule has 1 aromatic heterocycles. The number of ether oxygens (including phenoxy) is 2. The number of amides is 2. The first-order valence-electron chi connectivity index (χ1n) is 11.6. The molecule has 1 aromatic carbocycles. The zero-order chi connectivity index (χ0) is 24.1. The summed E-state index contributed by atoms with van der Waals surface area (Å²) < 4.78 is 10.7. The zero-order valence-electron chi connectivity index (χ0n) is 19.3. The van der Waals surface area contributed by atoms with Gasteiger partial charge in [0.1, 0.15) is 5.69 Å². The van der Waals surface area contributed by atoms with Crippen molar-refractivity contribution in [2.75, 3.05) is 46.0 Å². The van der Waals surface area contributed by atoms with Crippen LogP contribution in [0.5, 0.6) is 0 Å². The van der Waals surface area contributed by atoms with E-state index in [0.29, 0.717) is 69.4 Å². The third kappa shape index (κ3) is 5.80. The van der Waals surface area contributed by atoms with Crippen LogP contribution in [0.15, 0.2) is 36.4 Å². The van der Waals surface area contributed by atoms with Crippen LogP contribution in [0, 0.1) is 5.41 Å². The quantitative estimate of drug-likeness (QED) is 0.631. The molecule has 4 rings (SSSR count). The van der Waals surface area contributed by atoms with E-state index in [-0.39, 0.29) is 24.4 Å². The number of nitrogens with zero attached hydrogens (tertiary/aromatic N) is 2. The van der Waals surface area contributed by atoms with Gasteiger partial charge in [-0.3, -0.25) is 14.4 Å². The number of hydrogen-bond acceptors (Lipinski definition) is 5. The molecule has 0 spiro atoms. The van der Waals surface area contributed by atoms with E-state index in [1.54, 1.807) is 11.0 Å². The first-order chi connectivity index (χ1) is 16.3. The summed E-state index contributed by atoms with van der Waals surface area (Å²) in [5.41, 5.74) is 1.84. The van der Waals surface area contributed by atoms with Crippen LogP contribution >= 0.6 is 11.6 Å². The van der Waals surface area contributed by atoms with Gasteiger partial charge in [-0.2, -0.15) is 0 Å². The molecule has 2 amide bonds. The number of aromatic nitrogens is 1. The van der Waals surface area contributed by atoms with Gasteiger partial charge in [-0.1, -0.05) is 23.7 Å². The number of halogens is 1. The molecule has 2 aliphatic heterocycles. The van der Waals surface area contributed by atoms with Crippen molar-refractivity contribution in [2.45, 2.75) is 26.2 Å². The Labute approximate surface area is 204 Å². The average molecular weight is 488 g/mol. The molecule has 0 bridgehead atoms. The number of carbonyl (C=O) groups is 3. The molecule has 1 N–H and O–H groups in total. The van der Waals surface area contributed by atoms with Crippen molar-refractivity contribution in [1.29, 1.82) is 0 Å². The summed E-state index contributed by atoms with van der Waals surface area (Å²) in [6, 6.07) is 11.1. The molecule has 2 aromatic rings. The number of carbonyl (C=O) groups excluding carboxylic acids is 3. The van der Waals surface area contributed by atoms with Crippen molar-refractivity contribution in [3.05, 3.63) is 47.1 Å². The number of esters is 1. The lowest BCUT2D eigenvalue weighted by Gasteiger charge is -2.42. The number of rotatable bonds is 6. The molecule has 0 saturated carbocycles. The molecule has 34 heavy (non-hydrogen) atoms. The summed E-state index contributed by atoms with van der Waals surface area (Å²) in [7, 11) is 0. The van der Waals surface area contributed by atoms with Crippen LogP contribution in [0.1, 0.15) is 36.7 Å². The van der Waals surface area contributed by atoms with Crippen LogP contribution in [-0.4, -0.2) is 78.6 Å². The molecule has 2 saturated heterocycles. The number of piperidine rings is 1. The van der Waals surface area contributed by atoms with Gasteiger partial charge < -0.3 is 24.3 Å². The standard InChI is InChI=1S/C25H30ClN3O5/c1-18(30)34-17-25(16-23(31)28-12-14-33-15-13-28)8-10-29(11-9-25)24(32)22-7-6-21(27-22)19-2-4-20(26)5-3-19/h2-7,27H,8-17H2,1H3. The van der Waals surface area contributed by atoms with Crippen LogP contribution in [0.4, 0.5) is 0 Å². The van der Waals surface area contributed by atoms with E-state index in [1.165, 1.54) is 6.92 Å². The highest BCUT2D eigenvalue weighted by Gasteiger charge is 2.40. The third-order valence-electron chi connectivity index (χ3n) is 6.65. The predicted molar refractivity (Wildman–Crippen MR) is 127 cm³/mol. The molecule has 2 aliphatic rings. The molecule has 0 unspecified atom stereocenters. The van der Waals surface area contributed by atoms with Crippen LogP contribution in [-0.2, 0) is 19.1 Å². The normalized spacial score (nSPS) is 17.9. The number of hydrogen-bond donors (Lipinski definition) is 1. The number of benzene rings is 1. The molecular weight excluding hydrogens is 458 g/mol. The van der Waals surface area contributed by atoms with Gasteiger partial charge in [0.25, 0.3) is 5.91 Å². The number of H-pyrrole nitrogens is 1. The smallest absolute Gasteiger partial charge is 0.302 e. The second kappa shape index (κ2) is 10.6. The molecule has 3 heterocycles. The minimum Gasteiger partial charge on any atom is -0.465 e. The van der Waals surface area contributed by atoms with Crippen molar-refractivity contribution in [3.8, 4) is 11.3 Å². The van der Waals surface area contributed by atoms with Gasteiger partial charge in [0.2, 0.25) is 5.91 Å². The Balaban J connectivity index is 1.41. The van der Waals surface area contributed by atoms with Crippen LogP contribution in [0.25, 0.3) is 11.3 Å². The molecule has 0 radical (unpaired) electrons. The highest BCUT2D eigenvalue weighted by atomic mass is 35.5. The average Bonchev–Trinajstić information content (AvgIpc) is 3.34. The van der Waals surface area contributed by atoms with Crippen molar-refractivity contribution >= 4 is 29.4 Å². The van der Waals surface area contributed by atoms with Gasteiger partial charge in [0, 0.05) is 55.7 Å². The summed E-state index contributed by atoms with van der Waals surface area (Å²) in [4.78, 5) is 44.4. The van der Waals surface area contributed by atoms with Crippen LogP contribution < -0.4 is 0 Å². The second-order valence-electron chi connectivity index (χ2n) is 9.03. The Morgan fingerprint density at radius 3 is 2.32 bits per heavy atom. The Morgan fingerprint density at radius 1 is 1.00 bits per heavy atom. The van der Waals surface area contributed by atoms with E-state index in [4.69, 9.17) is 21.1 Å². The molecule has 0 aliphatic carbocycles. The van der Waals surface area contributed by atoms with Crippen molar-refractivity contribution in [3.63, 3.8) is 0 Å². The fourth-order valence-corrected chi connectivity index (χ4v) is 4.67. The summed E-state index contributed by atoms with van der Waals surface area (Å²) >= 11 is 5.97. The zero-order valence-corrected chi connectivity index (χ0v) is 20.1. The molecule has 182 valence electrons. The van der Waals surface area contributed by atoms with E-state index < -0.39 is 5.41 Å². The predicted octanol–water partition coefficient (Wildman–Crippen LogP) is 3.37. The van der Waals surface area contributed by atoms with Crippen molar-refractivity contribution in [1.82, 2.24) is 14.8 Å². The van der Waals surface area contributed by atoms with Gasteiger partial charge in [0.15, 0.2) is 0 Å². The first-order valence-corrected chi connectivity index (χ1v) is 12.0. The van der Waals surface area contributed by atoms with E-state index >= 15 is 0 Å². The van der Waals surface area contributed by atoms with E-state index in [2.05, 4.69) is 4.98 Å². The van der Waals surface area contributed by atoms with Crippen LogP contribution in [0.3, 0.4) is 0 Å². The number of likely N-dealkylation sites (tertiary alicyclic amines) is 1. The second-order valence-corrected chi connectivity index (χ2v) is 9.47. The highest BCUT2D eigenvalue weighted by Crippen LogP contribution is 2.37. The summed E-state index contributed by atoms with van der Waals surface area (Å²) in [5, 5.41) is 0.657. The number of aromatic amines is 1. The lowest BCUT2D eigenvalue weighted by Crippen LogP contribution is -2.49. The van der Waals surface area contributed by atoms with Gasteiger partial charge in [-0.05, 0) is 42.7 Å². The molecule has 2 fully saturated rings. The van der Waals surface area contributed by atoms with Gasteiger partial charge in [-0.15, -0.1) is 0 Å². The maximum Gasteiger partial charge on any atom is 0.302 e. The van der Waals surface area contributed by atoms with Gasteiger partial charge >= 0.3 is 5.97 Å². The molecular formula is C25H30ClN3O5. The van der Waals surface area contributed by atoms with Crippen LogP contribution in [0.2, 0.25) is 5.02 Å². The Bertz CT molecular complexity index is 1020. The largest absolute Gasteiger partial charge is 0.465 e.